The summed E-state index contributed by atoms with van der Waals surface area (Å²) in [6.07, 6.45) is -1.95. The van der Waals surface area contributed by atoms with E-state index in [1.165, 1.54) is 24.4 Å². The largest absolute Gasteiger partial charge is 0.419 e. The van der Waals surface area contributed by atoms with Crippen LogP contribution >= 0.6 is 11.8 Å². The van der Waals surface area contributed by atoms with Gasteiger partial charge in [-0.25, -0.2) is 4.98 Å². The Bertz CT molecular complexity index is 1270. The topological polar surface area (TPSA) is 142 Å². The average molecular weight is 463 g/mol. The molecule has 0 saturated carbocycles. The van der Waals surface area contributed by atoms with Crippen LogP contribution in [-0.2, 0) is 20.6 Å². The van der Waals surface area contributed by atoms with Crippen LogP contribution in [0.4, 0.5) is 18.9 Å². The van der Waals surface area contributed by atoms with Gasteiger partial charge in [0.15, 0.2) is 11.1 Å². The van der Waals surface area contributed by atoms with Crippen LogP contribution in [0.2, 0.25) is 0 Å². The van der Waals surface area contributed by atoms with Gasteiger partial charge in [-0.1, -0.05) is 11.8 Å². The Morgan fingerprint density at radius 1 is 1.16 bits per heavy atom. The number of H-pyrrole nitrogens is 1. The van der Waals surface area contributed by atoms with Gasteiger partial charge in [0.05, 0.1) is 28.7 Å². The summed E-state index contributed by atoms with van der Waals surface area (Å²) in [4.78, 5) is 44.5. The summed E-state index contributed by atoms with van der Waals surface area (Å²) in [7, 11) is 0. The number of benzene rings is 1. The number of nitrogens with one attached hydrogen (secondary N) is 3. The number of thioether (sulfide) groups is 1. The summed E-state index contributed by atoms with van der Waals surface area (Å²) in [5.74, 6) is -5.17. The molecule has 3 N–H and O–H groups in total. The molecule has 0 fully saturated rings. The third kappa shape index (κ3) is 3.91. The number of halogens is 3. The number of rotatable bonds is 3. The number of amides is 3. The van der Waals surface area contributed by atoms with E-state index in [2.05, 4.69) is 30.7 Å². The Kier molecular flexibility index (Phi) is 5.38. The predicted molar refractivity (Wildman–Crippen MR) is 108 cm³/mol. The molecule has 0 spiro atoms. The first-order valence-corrected chi connectivity index (χ1v) is 10.1. The first-order valence-electron chi connectivity index (χ1n) is 8.84. The van der Waals surface area contributed by atoms with E-state index in [4.69, 9.17) is 0 Å². The van der Waals surface area contributed by atoms with E-state index in [0.717, 1.165) is 17.8 Å². The number of carbonyl (C=O) groups is 3. The third-order valence-corrected chi connectivity index (χ3v) is 5.08. The highest BCUT2D eigenvalue weighted by molar-refractivity contribution is 8.13. The lowest BCUT2D eigenvalue weighted by Gasteiger charge is -2.20. The van der Waals surface area contributed by atoms with E-state index in [0.29, 0.717) is 11.4 Å². The number of aromatic nitrogens is 4. The molecule has 1 aliphatic heterocycles. The molecule has 0 aliphatic carbocycles. The van der Waals surface area contributed by atoms with Gasteiger partial charge in [0, 0.05) is 5.39 Å². The maximum Gasteiger partial charge on any atom is 0.419 e. The lowest BCUT2D eigenvalue weighted by molar-refractivity contribution is -0.139. The molecule has 3 aromatic rings. The Morgan fingerprint density at radius 2 is 1.94 bits per heavy atom. The fraction of sp³-hybridized carbons (Fsp3) is 0.167. The molecule has 3 heterocycles. The first kappa shape index (κ1) is 21.4. The van der Waals surface area contributed by atoms with Gasteiger partial charge in [0.25, 0.3) is 5.91 Å². The normalized spacial score (nSPS) is 16.6. The zero-order valence-electron chi connectivity index (χ0n) is 16.0. The number of nitrogens with zero attached hydrogens (tertiary/aromatic N) is 4. The Hall–Kier alpha value is -3.81. The van der Waals surface area contributed by atoms with Crippen molar-refractivity contribution < 1.29 is 27.6 Å². The first-order chi connectivity index (χ1) is 15.2. The van der Waals surface area contributed by atoms with Crippen molar-refractivity contribution in [3.05, 3.63) is 36.0 Å². The van der Waals surface area contributed by atoms with E-state index in [9.17, 15) is 27.6 Å². The number of aliphatic imine (C=N–C) groups is 1. The van der Waals surface area contributed by atoms with Crippen molar-refractivity contribution in [2.75, 3.05) is 11.6 Å². The smallest absolute Gasteiger partial charge is 0.324 e. The van der Waals surface area contributed by atoms with Gasteiger partial charge >= 0.3 is 6.18 Å². The lowest BCUT2D eigenvalue weighted by atomic mass is 10.0. The van der Waals surface area contributed by atoms with Crippen LogP contribution in [0.25, 0.3) is 22.3 Å². The minimum absolute atomic E-state index is 0.000253. The van der Waals surface area contributed by atoms with Crippen molar-refractivity contribution in [2.45, 2.75) is 6.18 Å². The predicted octanol–water partition coefficient (Wildman–Crippen LogP) is 1.97. The minimum atomic E-state index is -4.87. The molecule has 1 aliphatic rings. The fourth-order valence-electron chi connectivity index (χ4n) is 3.10. The van der Waals surface area contributed by atoms with Gasteiger partial charge < -0.3 is 10.6 Å². The summed E-state index contributed by atoms with van der Waals surface area (Å²) in [6, 6.07) is 4.80. The monoisotopic (exact) mass is 463 g/mol. The van der Waals surface area contributed by atoms with Crippen molar-refractivity contribution in [3.8, 4) is 11.4 Å². The standard InChI is InChI=1S/C18H12F3N7O3S/c1-32-17-25-15(30)12(16(31)26-17)14(29)24-10-5-4-8-7(13(10)18(19,20)21)2-3-9(23-8)11-6-22-28-27-11/h2-6,12H,1H3,(H,24,29)(H,22,27,28)(H,25,26,30,31). The second-order valence-corrected chi connectivity index (χ2v) is 7.27. The van der Waals surface area contributed by atoms with Crippen LogP contribution in [0.1, 0.15) is 5.56 Å². The number of hydrogen-bond acceptors (Lipinski definition) is 7. The van der Waals surface area contributed by atoms with Crippen molar-refractivity contribution in [1.82, 2.24) is 25.7 Å². The highest BCUT2D eigenvalue weighted by atomic mass is 32.2. The van der Waals surface area contributed by atoms with Crippen LogP contribution in [-0.4, -0.2) is 49.5 Å². The fourth-order valence-corrected chi connectivity index (χ4v) is 3.48. The molecule has 3 amide bonds. The molecular formula is C18H12F3N7O3S. The zero-order chi connectivity index (χ0) is 23.0. The molecule has 164 valence electrons. The Morgan fingerprint density at radius 3 is 2.56 bits per heavy atom. The molecule has 10 nitrogen and oxygen atoms in total. The molecule has 0 radical (unpaired) electrons. The van der Waals surface area contributed by atoms with Crippen molar-refractivity contribution >= 4 is 51.2 Å². The van der Waals surface area contributed by atoms with Crippen molar-refractivity contribution in [1.29, 1.82) is 0 Å². The van der Waals surface area contributed by atoms with Gasteiger partial charge in [-0.2, -0.15) is 33.6 Å². The summed E-state index contributed by atoms with van der Waals surface area (Å²) in [6.45, 7) is 0. The summed E-state index contributed by atoms with van der Waals surface area (Å²) in [5.41, 5.74) is -1.16. The SMILES string of the molecule is CSC1=NC(=O)C(C(=O)Nc2ccc3nc(-c4cn[nH]n4)ccc3c2C(F)(F)F)C(=O)N1. The number of anilines is 1. The van der Waals surface area contributed by atoms with Crippen LogP contribution in [0.15, 0.2) is 35.5 Å². The summed E-state index contributed by atoms with van der Waals surface area (Å²) < 4.78 is 41.8. The van der Waals surface area contributed by atoms with E-state index in [1.807, 2.05) is 5.32 Å². The van der Waals surface area contributed by atoms with Crippen molar-refractivity contribution in [3.63, 3.8) is 0 Å². The average Bonchev–Trinajstić information content (AvgIpc) is 3.26. The number of carbonyl (C=O) groups excluding carboxylic acids is 3. The van der Waals surface area contributed by atoms with E-state index in [1.54, 1.807) is 6.26 Å². The lowest BCUT2D eigenvalue weighted by Crippen LogP contribution is -2.48. The Balaban J connectivity index is 1.73. The van der Waals surface area contributed by atoms with Gasteiger partial charge in [0.1, 0.15) is 5.69 Å². The summed E-state index contributed by atoms with van der Waals surface area (Å²) in [5, 5.41) is 13.9. The molecule has 1 aromatic carbocycles. The molecule has 14 heteroatoms. The van der Waals surface area contributed by atoms with Gasteiger partial charge in [0.2, 0.25) is 11.8 Å². The molecule has 0 saturated heterocycles. The highest BCUT2D eigenvalue weighted by Gasteiger charge is 2.41. The molecule has 32 heavy (non-hydrogen) atoms. The Labute approximate surface area is 181 Å². The van der Waals surface area contributed by atoms with Crippen LogP contribution in [0.5, 0.6) is 0 Å². The number of pyridine rings is 1. The number of aromatic amines is 1. The number of alkyl halides is 3. The maximum absolute atomic E-state index is 13.9. The molecule has 0 bridgehead atoms. The second kappa shape index (κ2) is 8.03. The van der Waals surface area contributed by atoms with Crippen molar-refractivity contribution in [2.24, 2.45) is 10.9 Å². The minimum Gasteiger partial charge on any atom is -0.324 e. The van der Waals surface area contributed by atoms with E-state index < -0.39 is 41.1 Å². The van der Waals surface area contributed by atoms with Crippen LogP contribution in [0, 0.1) is 5.92 Å². The van der Waals surface area contributed by atoms with Gasteiger partial charge in [-0.05, 0) is 30.5 Å². The van der Waals surface area contributed by atoms with Crippen LogP contribution < -0.4 is 10.6 Å². The molecule has 1 atom stereocenters. The maximum atomic E-state index is 13.9. The van der Waals surface area contributed by atoms with Crippen LogP contribution in [0.3, 0.4) is 0 Å². The molecule has 1 unspecified atom stereocenters. The molecular weight excluding hydrogens is 451 g/mol. The number of hydrogen-bond donors (Lipinski definition) is 3. The number of amidine groups is 1. The quantitative estimate of drug-likeness (QED) is 0.504. The number of fused-ring (bicyclic) bond motifs is 1. The van der Waals surface area contributed by atoms with E-state index in [-0.39, 0.29) is 16.1 Å². The highest BCUT2D eigenvalue weighted by Crippen LogP contribution is 2.40. The molecule has 4 rings (SSSR count). The molecule has 2 aromatic heterocycles. The summed E-state index contributed by atoms with van der Waals surface area (Å²) >= 11 is 0.978. The second-order valence-electron chi connectivity index (χ2n) is 6.48. The van der Waals surface area contributed by atoms with Gasteiger partial charge in [-0.15, -0.1) is 0 Å². The third-order valence-electron chi connectivity index (χ3n) is 4.50. The van der Waals surface area contributed by atoms with Gasteiger partial charge in [-0.3, -0.25) is 14.4 Å². The zero-order valence-corrected chi connectivity index (χ0v) is 16.8. The van der Waals surface area contributed by atoms with E-state index >= 15 is 0 Å².